The van der Waals surface area contributed by atoms with Gasteiger partial charge in [0.05, 0.1) is 19.2 Å². The molecule has 0 N–H and O–H groups in total. The Morgan fingerprint density at radius 3 is 1.82 bits per heavy atom. The molecule has 146 valence electrons. The molecular weight excluding hydrogens is 390 g/mol. The summed E-state index contributed by atoms with van der Waals surface area (Å²) >= 11 is 3.61. The minimum absolute atomic E-state index is 0.339. The van der Waals surface area contributed by atoms with Gasteiger partial charge in [-0.25, -0.2) is 0 Å². The Labute approximate surface area is 172 Å². The van der Waals surface area contributed by atoms with Gasteiger partial charge in [0.1, 0.15) is 0 Å². The van der Waals surface area contributed by atoms with Crippen LogP contribution in [0.5, 0.6) is 6.01 Å². The number of hydrogen-bond donors (Lipinski definition) is 0. The van der Waals surface area contributed by atoms with Gasteiger partial charge in [0, 0.05) is 22.8 Å². The average Bonchev–Trinajstić information content (AvgIpc) is 3.52. The summed E-state index contributed by atoms with van der Waals surface area (Å²) in [6.45, 7) is 1.92. The van der Waals surface area contributed by atoms with Crippen LogP contribution < -0.4 is 14.5 Å². The molecule has 0 spiro atoms. The molecular formula is C20H23N5OS2. The first kappa shape index (κ1) is 17.9. The van der Waals surface area contributed by atoms with Crippen molar-refractivity contribution in [3.63, 3.8) is 0 Å². The molecule has 0 amide bonds. The molecule has 5 heterocycles. The summed E-state index contributed by atoms with van der Waals surface area (Å²) in [5.41, 5.74) is 0. The molecule has 8 heteroatoms. The van der Waals surface area contributed by atoms with Crippen LogP contribution >= 0.6 is 22.7 Å². The number of methoxy groups -OCH3 is 1. The summed E-state index contributed by atoms with van der Waals surface area (Å²) in [5, 5.41) is 4.28. The third-order valence-corrected chi connectivity index (χ3v) is 7.48. The molecule has 0 bridgehead atoms. The number of aromatic nitrogens is 3. The van der Waals surface area contributed by atoms with E-state index in [1.54, 1.807) is 29.8 Å². The maximum absolute atomic E-state index is 5.46. The van der Waals surface area contributed by atoms with Gasteiger partial charge in [-0.1, -0.05) is 12.1 Å². The highest BCUT2D eigenvalue weighted by molar-refractivity contribution is 7.10. The van der Waals surface area contributed by atoms with Crippen LogP contribution in [-0.4, -0.2) is 35.2 Å². The molecule has 3 aromatic rings. The molecule has 0 radical (unpaired) electrons. The summed E-state index contributed by atoms with van der Waals surface area (Å²) in [5.74, 6) is 1.46. The van der Waals surface area contributed by atoms with Crippen LogP contribution in [0.15, 0.2) is 35.0 Å². The Hall–Kier alpha value is -2.19. The van der Waals surface area contributed by atoms with Gasteiger partial charge in [0.2, 0.25) is 11.9 Å². The summed E-state index contributed by atoms with van der Waals surface area (Å²) in [6.07, 6.45) is 4.55. The number of nitrogens with zero attached hydrogens (tertiary/aromatic N) is 5. The van der Waals surface area contributed by atoms with Crippen LogP contribution in [0.25, 0.3) is 0 Å². The lowest BCUT2D eigenvalue weighted by molar-refractivity contribution is 0.377. The quantitative estimate of drug-likeness (QED) is 0.605. The van der Waals surface area contributed by atoms with Crippen LogP contribution in [0, 0.1) is 0 Å². The van der Waals surface area contributed by atoms with Gasteiger partial charge in [-0.2, -0.15) is 15.0 Å². The Kier molecular flexibility index (Phi) is 4.90. The van der Waals surface area contributed by atoms with Gasteiger partial charge >= 0.3 is 6.01 Å². The number of hydrogen-bond acceptors (Lipinski definition) is 8. The maximum atomic E-state index is 5.46. The highest BCUT2D eigenvalue weighted by Crippen LogP contribution is 2.40. The Morgan fingerprint density at radius 1 is 0.857 bits per heavy atom. The number of thiophene rings is 2. The molecule has 0 saturated carbocycles. The van der Waals surface area contributed by atoms with Crippen molar-refractivity contribution < 1.29 is 4.74 Å². The summed E-state index contributed by atoms with van der Waals surface area (Å²) in [4.78, 5) is 21.5. The first-order valence-electron chi connectivity index (χ1n) is 9.73. The molecule has 0 aliphatic carbocycles. The van der Waals surface area contributed by atoms with Gasteiger partial charge in [-0.3, -0.25) is 0 Å². The first-order valence-corrected chi connectivity index (χ1v) is 11.5. The molecule has 0 unspecified atom stereocenters. The van der Waals surface area contributed by atoms with Crippen molar-refractivity contribution in [1.82, 2.24) is 15.0 Å². The molecule has 0 aromatic carbocycles. The molecule has 2 saturated heterocycles. The standard InChI is InChI=1S/C20H23N5OS2/c1-26-20-22-18(24-10-2-6-14(24)16-8-4-12-27-16)21-19(23-20)25-11-3-7-15(25)17-9-5-13-28-17/h4-5,8-9,12-15H,2-3,6-7,10-11H2,1H3/t14-,15+. The molecule has 6 nitrogen and oxygen atoms in total. The minimum Gasteiger partial charge on any atom is -0.467 e. The lowest BCUT2D eigenvalue weighted by atomic mass is 10.2. The number of ether oxygens (including phenoxy) is 1. The van der Waals surface area contributed by atoms with Crippen molar-refractivity contribution in [1.29, 1.82) is 0 Å². The van der Waals surface area contributed by atoms with Gasteiger partial charge in [0.25, 0.3) is 0 Å². The van der Waals surface area contributed by atoms with Crippen molar-refractivity contribution in [2.75, 3.05) is 30.0 Å². The summed E-state index contributed by atoms with van der Waals surface area (Å²) in [6, 6.07) is 9.73. The average molecular weight is 414 g/mol. The SMILES string of the molecule is COc1nc(N2CCC[C@@H]2c2cccs2)nc(N2CCC[C@H]2c2cccs2)n1. The lowest BCUT2D eigenvalue weighted by Crippen LogP contribution is -2.28. The van der Waals surface area contributed by atoms with Gasteiger partial charge in [-0.05, 0) is 48.6 Å². The normalized spacial score (nSPS) is 22.2. The fourth-order valence-electron chi connectivity index (χ4n) is 4.25. The van der Waals surface area contributed by atoms with Crippen molar-refractivity contribution >= 4 is 34.6 Å². The van der Waals surface area contributed by atoms with Crippen LogP contribution in [0.2, 0.25) is 0 Å². The predicted octanol–water partition coefficient (Wildman–Crippen LogP) is 4.69. The highest BCUT2D eigenvalue weighted by Gasteiger charge is 2.33. The highest BCUT2D eigenvalue weighted by atomic mass is 32.1. The van der Waals surface area contributed by atoms with Crippen molar-refractivity contribution in [3.8, 4) is 6.01 Å². The monoisotopic (exact) mass is 413 g/mol. The predicted molar refractivity (Wildman–Crippen MR) is 114 cm³/mol. The zero-order valence-electron chi connectivity index (χ0n) is 15.8. The summed E-state index contributed by atoms with van der Waals surface area (Å²) in [7, 11) is 1.63. The molecule has 2 aliphatic rings. The van der Waals surface area contributed by atoms with Crippen LogP contribution in [0.3, 0.4) is 0 Å². The van der Waals surface area contributed by atoms with E-state index >= 15 is 0 Å². The van der Waals surface area contributed by atoms with E-state index < -0.39 is 0 Å². The lowest BCUT2D eigenvalue weighted by Gasteiger charge is -2.27. The molecule has 3 aromatic heterocycles. The van der Waals surface area contributed by atoms with Gasteiger partial charge < -0.3 is 14.5 Å². The smallest absolute Gasteiger partial charge is 0.322 e. The van der Waals surface area contributed by atoms with Crippen molar-refractivity contribution in [3.05, 3.63) is 44.8 Å². The van der Waals surface area contributed by atoms with Gasteiger partial charge in [0.15, 0.2) is 0 Å². The number of rotatable bonds is 5. The van der Waals surface area contributed by atoms with Crippen molar-refractivity contribution in [2.24, 2.45) is 0 Å². The van der Waals surface area contributed by atoms with Crippen LogP contribution in [-0.2, 0) is 0 Å². The molecule has 2 atom stereocenters. The second kappa shape index (κ2) is 7.67. The topological polar surface area (TPSA) is 54.4 Å². The molecule has 2 aliphatic heterocycles. The second-order valence-corrected chi connectivity index (χ2v) is 9.11. The molecule has 28 heavy (non-hydrogen) atoms. The van der Waals surface area contributed by atoms with Crippen molar-refractivity contribution in [2.45, 2.75) is 37.8 Å². The van der Waals surface area contributed by atoms with E-state index in [-0.39, 0.29) is 0 Å². The van der Waals surface area contributed by atoms with E-state index in [2.05, 4.69) is 54.8 Å². The zero-order valence-corrected chi connectivity index (χ0v) is 17.5. The van der Waals surface area contributed by atoms with Crippen LogP contribution in [0.4, 0.5) is 11.9 Å². The number of anilines is 2. The molecule has 5 rings (SSSR count). The minimum atomic E-state index is 0.339. The second-order valence-electron chi connectivity index (χ2n) is 7.16. The largest absolute Gasteiger partial charge is 0.467 e. The fraction of sp³-hybridized carbons (Fsp3) is 0.450. The zero-order chi connectivity index (χ0) is 18.9. The van der Waals surface area contributed by atoms with E-state index in [0.29, 0.717) is 18.1 Å². The molecule has 2 fully saturated rings. The third-order valence-electron chi connectivity index (χ3n) is 5.54. The fourth-order valence-corrected chi connectivity index (χ4v) is 6.00. The summed E-state index contributed by atoms with van der Waals surface area (Å²) < 4.78 is 5.46. The maximum Gasteiger partial charge on any atom is 0.322 e. The Balaban J connectivity index is 1.50. The Bertz CT molecular complexity index is 844. The first-order chi connectivity index (χ1) is 13.8. The van der Waals surface area contributed by atoms with Crippen LogP contribution in [0.1, 0.15) is 47.5 Å². The van der Waals surface area contributed by atoms with E-state index in [1.165, 1.54) is 9.75 Å². The van der Waals surface area contributed by atoms with E-state index in [1.807, 2.05) is 0 Å². The van der Waals surface area contributed by atoms with Gasteiger partial charge in [-0.15, -0.1) is 22.7 Å². The van der Waals surface area contributed by atoms with E-state index in [0.717, 1.165) is 50.7 Å². The van der Waals surface area contributed by atoms with E-state index in [4.69, 9.17) is 9.72 Å². The Morgan fingerprint density at radius 2 is 1.39 bits per heavy atom. The van der Waals surface area contributed by atoms with E-state index in [9.17, 15) is 0 Å². The third kappa shape index (κ3) is 3.24.